The van der Waals surface area contributed by atoms with E-state index in [0.717, 1.165) is 23.2 Å². The van der Waals surface area contributed by atoms with E-state index in [2.05, 4.69) is 15.4 Å². The molecule has 3 aliphatic rings. The van der Waals surface area contributed by atoms with Gasteiger partial charge in [0, 0.05) is 23.5 Å². The lowest BCUT2D eigenvalue weighted by Crippen LogP contribution is -2.57. The summed E-state index contributed by atoms with van der Waals surface area (Å²) >= 11 is 0. The molecule has 5 heteroatoms. The third-order valence-corrected chi connectivity index (χ3v) is 4.89. The first kappa shape index (κ1) is 12.8. The topological polar surface area (TPSA) is 58.4 Å². The van der Waals surface area contributed by atoms with Gasteiger partial charge in [0.05, 0.1) is 0 Å². The Bertz CT molecular complexity index is 686. The monoisotopic (exact) mass is 285 g/mol. The van der Waals surface area contributed by atoms with E-state index >= 15 is 0 Å². The average Bonchev–Trinajstić information content (AvgIpc) is 2.89. The summed E-state index contributed by atoms with van der Waals surface area (Å²) in [6.45, 7) is 5.22. The molecule has 1 atom stereocenters. The van der Waals surface area contributed by atoms with Crippen molar-refractivity contribution >= 4 is 16.8 Å². The van der Waals surface area contributed by atoms with Gasteiger partial charge in [0.15, 0.2) is 0 Å². The Kier molecular flexibility index (Phi) is 2.96. The molecule has 5 nitrogen and oxygen atoms in total. The molecule has 21 heavy (non-hydrogen) atoms. The Hall–Kier alpha value is -1.88. The molecular weight excluding hydrogens is 266 g/mol. The van der Waals surface area contributed by atoms with E-state index in [1.165, 1.54) is 25.9 Å². The molecule has 2 bridgehead atoms. The zero-order valence-electron chi connectivity index (χ0n) is 12.1. The van der Waals surface area contributed by atoms with Crippen LogP contribution in [0, 0.1) is 12.8 Å². The van der Waals surface area contributed by atoms with Crippen molar-refractivity contribution in [3.63, 3.8) is 0 Å². The molecule has 4 heterocycles. The Balaban J connectivity index is 1.54. The van der Waals surface area contributed by atoms with E-state index in [1.807, 2.05) is 25.1 Å². The molecule has 2 aromatic rings. The van der Waals surface area contributed by atoms with Gasteiger partial charge < -0.3 is 14.7 Å². The van der Waals surface area contributed by atoms with Crippen molar-refractivity contribution < 1.29 is 9.32 Å². The Labute approximate surface area is 123 Å². The van der Waals surface area contributed by atoms with Crippen LogP contribution in [-0.4, -0.2) is 41.6 Å². The maximum atomic E-state index is 12.5. The van der Waals surface area contributed by atoms with E-state index < -0.39 is 0 Å². The van der Waals surface area contributed by atoms with Gasteiger partial charge in [0.1, 0.15) is 11.3 Å². The number of aromatic nitrogens is 1. The van der Waals surface area contributed by atoms with Crippen molar-refractivity contribution in [2.24, 2.45) is 5.92 Å². The lowest BCUT2D eigenvalue weighted by molar-refractivity contribution is 0.0620. The van der Waals surface area contributed by atoms with Crippen LogP contribution >= 0.6 is 0 Å². The van der Waals surface area contributed by atoms with Crippen molar-refractivity contribution in [3.05, 3.63) is 29.5 Å². The average molecular weight is 285 g/mol. The highest BCUT2D eigenvalue weighted by Gasteiger charge is 2.34. The molecule has 110 valence electrons. The number of hydrogen-bond acceptors (Lipinski definition) is 4. The highest BCUT2D eigenvalue weighted by Crippen LogP contribution is 2.28. The van der Waals surface area contributed by atoms with Crippen LogP contribution in [-0.2, 0) is 0 Å². The van der Waals surface area contributed by atoms with Gasteiger partial charge in [0.25, 0.3) is 5.91 Å². The van der Waals surface area contributed by atoms with Gasteiger partial charge in [0.2, 0.25) is 0 Å². The minimum Gasteiger partial charge on any atom is -0.360 e. The second kappa shape index (κ2) is 4.84. The number of benzene rings is 1. The molecule has 3 aliphatic heterocycles. The largest absolute Gasteiger partial charge is 0.360 e. The molecule has 1 aromatic carbocycles. The van der Waals surface area contributed by atoms with Crippen LogP contribution in [0.15, 0.2) is 22.7 Å². The number of carbonyl (C=O) groups excluding carboxylic acids is 1. The van der Waals surface area contributed by atoms with Crippen molar-refractivity contribution in [1.29, 1.82) is 0 Å². The van der Waals surface area contributed by atoms with Gasteiger partial charge in [-0.1, -0.05) is 5.16 Å². The molecule has 5 rings (SSSR count). The van der Waals surface area contributed by atoms with E-state index in [0.29, 0.717) is 17.5 Å². The fourth-order valence-corrected chi connectivity index (χ4v) is 3.59. The Morgan fingerprint density at radius 3 is 2.90 bits per heavy atom. The molecule has 0 radical (unpaired) electrons. The summed E-state index contributed by atoms with van der Waals surface area (Å²) in [5.41, 5.74) is 1.48. The number of nitrogens with zero attached hydrogens (tertiary/aromatic N) is 2. The maximum Gasteiger partial charge on any atom is 0.251 e. The number of fused-ring (bicyclic) bond motifs is 4. The minimum absolute atomic E-state index is 0.0104. The van der Waals surface area contributed by atoms with Gasteiger partial charge in [-0.05, 0) is 57.0 Å². The third kappa shape index (κ3) is 2.21. The summed E-state index contributed by atoms with van der Waals surface area (Å²) in [5.74, 6) is 1.40. The zero-order valence-corrected chi connectivity index (χ0v) is 12.1. The predicted molar refractivity (Wildman–Crippen MR) is 79.2 cm³/mol. The molecule has 0 aliphatic carbocycles. The van der Waals surface area contributed by atoms with Gasteiger partial charge in [-0.2, -0.15) is 0 Å². The highest BCUT2D eigenvalue weighted by atomic mass is 16.5. The fourth-order valence-electron chi connectivity index (χ4n) is 3.59. The summed E-state index contributed by atoms with van der Waals surface area (Å²) in [5, 5.41) is 8.08. The first-order chi connectivity index (χ1) is 10.2. The first-order valence-electron chi connectivity index (χ1n) is 7.60. The van der Waals surface area contributed by atoms with E-state index in [9.17, 15) is 4.79 Å². The fraction of sp³-hybridized carbons (Fsp3) is 0.500. The summed E-state index contributed by atoms with van der Waals surface area (Å²) in [4.78, 5) is 14.9. The standard InChI is InChI=1S/C16H19N3O2/c1-10-13-8-12(2-3-14(13)18-21-10)16(20)17-15-9-19-6-4-11(15)5-7-19/h2-3,8,11,15H,4-7,9H2,1H3,(H,17,20)/t15-/m1/s1. The maximum absolute atomic E-state index is 12.5. The van der Waals surface area contributed by atoms with E-state index in [-0.39, 0.29) is 5.91 Å². The minimum atomic E-state index is 0.0104. The van der Waals surface area contributed by atoms with Crippen LogP contribution in [0.3, 0.4) is 0 Å². The highest BCUT2D eigenvalue weighted by molar-refractivity contribution is 5.98. The van der Waals surface area contributed by atoms with E-state index in [4.69, 9.17) is 4.52 Å². The molecule has 0 spiro atoms. The lowest BCUT2D eigenvalue weighted by Gasteiger charge is -2.44. The number of aryl methyl sites for hydroxylation is 1. The Morgan fingerprint density at radius 1 is 1.38 bits per heavy atom. The van der Waals surface area contributed by atoms with Crippen LogP contribution in [0.25, 0.3) is 10.9 Å². The van der Waals surface area contributed by atoms with Crippen LogP contribution < -0.4 is 5.32 Å². The molecule has 0 unspecified atom stereocenters. The second-order valence-corrected chi connectivity index (χ2v) is 6.19. The third-order valence-electron chi connectivity index (χ3n) is 4.89. The quantitative estimate of drug-likeness (QED) is 0.916. The zero-order chi connectivity index (χ0) is 14.4. The molecule has 0 saturated carbocycles. The first-order valence-corrected chi connectivity index (χ1v) is 7.60. The van der Waals surface area contributed by atoms with Crippen molar-refractivity contribution in [2.75, 3.05) is 19.6 Å². The smallest absolute Gasteiger partial charge is 0.251 e. The summed E-state index contributed by atoms with van der Waals surface area (Å²) < 4.78 is 5.15. The number of amides is 1. The van der Waals surface area contributed by atoms with E-state index in [1.54, 1.807) is 0 Å². The number of rotatable bonds is 2. The predicted octanol–water partition coefficient (Wildman–Crippen LogP) is 1.96. The number of carbonyl (C=O) groups is 1. The lowest BCUT2D eigenvalue weighted by atomic mass is 9.84. The molecule has 3 fully saturated rings. The SMILES string of the molecule is Cc1onc2ccc(C(=O)N[C@@H]3CN4CCC3CC4)cc12. The van der Waals surface area contributed by atoms with Crippen LogP contribution in [0.2, 0.25) is 0 Å². The molecule has 1 aromatic heterocycles. The number of nitrogens with one attached hydrogen (secondary N) is 1. The van der Waals surface area contributed by atoms with Crippen molar-refractivity contribution in [1.82, 2.24) is 15.4 Å². The normalized spacial score (nSPS) is 28.0. The van der Waals surface area contributed by atoms with Gasteiger partial charge in [-0.15, -0.1) is 0 Å². The second-order valence-electron chi connectivity index (χ2n) is 6.19. The molecule has 3 saturated heterocycles. The Morgan fingerprint density at radius 2 is 2.19 bits per heavy atom. The van der Waals surface area contributed by atoms with Gasteiger partial charge in [-0.3, -0.25) is 4.79 Å². The number of hydrogen-bond donors (Lipinski definition) is 1. The molecular formula is C16H19N3O2. The summed E-state index contributed by atoms with van der Waals surface area (Å²) in [6, 6.07) is 5.83. The number of piperidine rings is 3. The van der Waals surface area contributed by atoms with Crippen molar-refractivity contribution in [2.45, 2.75) is 25.8 Å². The molecule has 1 amide bonds. The van der Waals surface area contributed by atoms with Gasteiger partial charge in [-0.25, -0.2) is 0 Å². The van der Waals surface area contributed by atoms with Crippen molar-refractivity contribution in [3.8, 4) is 0 Å². The molecule has 1 N–H and O–H groups in total. The summed E-state index contributed by atoms with van der Waals surface area (Å²) in [6.07, 6.45) is 2.41. The summed E-state index contributed by atoms with van der Waals surface area (Å²) in [7, 11) is 0. The van der Waals surface area contributed by atoms with Crippen LogP contribution in [0.5, 0.6) is 0 Å². The van der Waals surface area contributed by atoms with Crippen LogP contribution in [0.1, 0.15) is 29.0 Å². The van der Waals surface area contributed by atoms with Crippen LogP contribution in [0.4, 0.5) is 0 Å². The van der Waals surface area contributed by atoms with Gasteiger partial charge >= 0.3 is 0 Å².